The molecule has 1 aromatic heterocycles. The molecule has 2 saturated heterocycles. The number of nitrogens with zero attached hydrogens (tertiary/aromatic N) is 3. The number of likely N-dealkylation sites (tertiary alicyclic amines) is 1. The molecule has 2 aliphatic rings. The molecule has 1 amide bonds. The van der Waals surface area contributed by atoms with E-state index in [-0.39, 0.29) is 18.1 Å². The zero-order valence-electron chi connectivity index (χ0n) is 11.4. The number of carbonyl (C=O) groups excluding carboxylic acids is 1. The molecular weight excluding hydrogens is 244 g/mol. The first kappa shape index (κ1) is 12.6. The van der Waals surface area contributed by atoms with Gasteiger partial charge in [0.25, 0.3) is 5.91 Å². The van der Waals surface area contributed by atoms with E-state index in [1.54, 1.807) is 6.20 Å². The van der Waals surface area contributed by atoms with Gasteiger partial charge in [0.1, 0.15) is 0 Å². The van der Waals surface area contributed by atoms with E-state index in [1.807, 2.05) is 11.8 Å². The lowest BCUT2D eigenvalue weighted by atomic mass is 9.98. The van der Waals surface area contributed by atoms with Crippen molar-refractivity contribution in [3.05, 3.63) is 17.5 Å². The number of H-pyrrole nitrogens is 1. The third kappa shape index (κ3) is 2.26. The first-order valence-corrected chi connectivity index (χ1v) is 6.78. The smallest absolute Gasteiger partial charge is 0.257 e. The van der Waals surface area contributed by atoms with E-state index in [4.69, 9.17) is 4.74 Å². The molecule has 6 nitrogen and oxygen atoms in total. The molecule has 0 saturated carbocycles. The van der Waals surface area contributed by atoms with Gasteiger partial charge in [-0.3, -0.25) is 9.89 Å². The van der Waals surface area contributed by atoms with E-state index in [1.165, 1.54) is 0 Å². The van der Waals surface area contributed by atoms with Gasteiger partial charge in [0.2, 0.25) is 0 Å². The van der Waals surface area contributed by atoms with Gasteiger partial charge in [0, 0.05) is 25.3 Å². The monoisotopic (exact) mass is 264 g/mol. The SMILES string of the molecule is Cc1[nH]ncc1C(=O)N1CCO[C@@H]2CCN(C)C[C@H]21. The summed E-state index contributed by atoms with van der Waals surface area (Å²) in [6.45, 7) is 5.10. The van der Waals surface area contributed by atoms with Gasteiger partial charge < -0.3 is 14.5 Å². The summed E-state index contributed by atoms with van der Waals surface area (Å²) >= 11 is 0. The van der Waals surface area contributed by atoms with Gasteiger partial charge in [-0.25, -0.2) is 0 Å². The van der Waals surface area contributed by atoms with Crippen molar-refractivity contribution < 1.29 is 9.53 Å². The molecule has 0 radical (unpaired) electrons. The molecule has 3 heterocycles. The molecule has 2 fully saturated rings. The molecule has 104 valence electrons. The van der Waals surface area contributed by atoms with Crippen LogP contribution < -0.4 is 0 Å². The molecule has 0 bridgehead atoms. The van der Waals surface area contributed by atoms with Crippen LogP contribution in [0.3, 0.4) is 0 Å². The van der Waals surface area contributed by atoms with Gasteiger partial charge >= 0.3 is 0 Å². The number of aromatic amines is 1. The second-order valence-corrected chi connectivity index (χ2v) is 5.43. The Morgan fingerprint density at radius 2 is 2.37 bits per heavy atom. The van der Waals surface area contributed by atoms with Crippen LogP contribution in [0.2, 0.25) is 0 Å². The lowest BCUT2D eigenvalue weighted by Crippen LogP contribution is -2.60. The molecular formula is C13H20N4O2. The number of rotatable bonds is 1. The largest absolute Gasteiger partial charge is 0.374 e. The number of piperidine rings is 1. The predicted octanol–water partition coefficient (Wildman–Crippen LogP) is 0.263. The van der Waals surface area contributed by atoms with E-state index >= 15 is 0 Å². The Morgan fingerprint density at radius 1 is 1.53 bits per heavy atom. The number of morpholine rings is 1. The van der Waals surface area contributed by atoms with Crippen LogP contribution in [0.15, 0.2) is 6.20 Å². The molecule has 0 spiro atoms. The second kappa shape index (κ2) is 4.94. The highest BCUT2D eigenvalue weighted by atomic mass is 16.5. The van der Waals surface area contributed by atoms with Gasteiger partial charge in [-0.2, -0.15) is 5.10 Å². The summed E-state index contributed by atoms with van der Waals surface area (Å²) < 4.78 is 5.81. The van der Waals surface area contributed by atoms with Gasteiger partial charge in [-0.1, -0.05) is 0 Å². The fourth-order valence-corrected chi connectivity index (χ4v) is 3.00. The Labute approximate surface area is 112 Å². The molecule has 0 aromatic carbocycles. The first-order chi connectivity index (χ1) is 9.16. The zero-order chi connectivity index (χ0) is 13.4. The number of nitrogens with one attached hydrogen (secondary N) is 1. The number of hydrogen-bond acceptors (Lipinski definition) is 4. The Balaban J connectivity index is 1.82. The second-order valence-electron chi connectivity index (χ2n) is 5.43. The van der Waals surface area contributed by atoms with Crippen molar-refractivity contribution >= 4 is 5.91 Å². The van der Waals surface area contributed by atoms with E-state index in [2.05, 4.69) is 22.1 Å². The third-order valence-corrected chi connectivity index (χ3v) is 4.11. The lowest BCUT2D eigenvalue weighted by molar-refractivity contribution is -0.0870. The van der Waals surface area contributed by atoms with Crippen LogP contribution in [-0.4, -0.2) is 71.3 Å². The highest BCUT2D eigenvalue weighted by Gasteiger charge is 2.39. The van der Waals surface area contributed by atoms with Gasteiger partial charge in [0.05, 0.1) is 30.5 Å². The molecule has 0 aliphatic carbocycles. The molecule has 6 heteroatoms. The van der Waals surface area contributed by atoms with Gasteiger partial charge in [-0.05, 0) is 20.4 Å². The fraction of sp³-hybridized carbons (Fsp3) is 0.692. The number of hydrogen-bond donors (Lipinski definition) is 1. The van der Waals surface area contributed by atoms with E-state index < -0.39 is 0 Å². The highest BCUT2D eigenvalue weighted by molar-refractivity contribution is 5.95. The molecule has 1 N–H and O–H groups in total. The van der Waals surface area contributed by atoms with Gasteiger partial charge in [-0.15, -0.1) is 0 Å². The number of aryl methyl sites for hydroxylation is 1. The maximum absolute atomic E-state index is 12.6. The quantitative estimate of drug-likeness (QED) is 0.790. The van der Waals surface area contributed by atoms with Crippen LogP contribution in [0.1, 0.15) is 22.5 Å². The van der Waals surface area contributed by atoms with Crippen LogP contribution in [0.5, 0.6) is 0 Å². The summed E-state index contributed by atoms with van der Waals surface area (Å²) in [5, 5.41) is 6.77. The van der Waals surface area contributed by atoms with Crippen LogP contribution in [0.4, 0.5) is 0 Å². The topological polar surface area (TPSA) is 61.5 Å². The van der Waals surface area contributed by atoms with Crippen LogP contribution in [0, 0.1) is 6.92 Å². The number of fused-ring (bicyclic) bond motifs is 1. The summed E-state index contributed by atoms with van der Waals surface area (Å²) in [6.07, 6.45) is 2.80. The summed E-state index contributed by atoms with van der Waals surface area (Å²) in [7, 11) is 2.09. The highest BCUT2D eigenvalue weighted by Crippen LogP contribution is 2.24. The summed E-state index contributed by atoms with van der Waals surface area (Å²) in [6, 6.07) is 0.161. The first-order valence-electron chi connectivity index (χ1n) is 6.78. The number of amides is 1. The predicted molar refractivity (Wildman–Crippen MR) is 70.0 cm³/mol. The van der Waals surface area contributed by atoms with Crippen molar-refractivity contribution in [1.29, 1.82) is 0 Å². The molecule has 2 aliphatic heterocycles. The Morgan fingerprint density at radius 3 is 3.11 bits per heavy atom. The molecule has 1 aromatic rings. The Kier molecular flexibility index (Phi) is 3.28. The van der Waals surface area contributed by atoms with E-state index in [0.29, 0.717) is 18.7 Å². The molecule has 2 atom stereocenters. The van der Waals surface area contributed by atoms with Crippen molar-refractivity contribution in [1.82, 2.24) is 20.0 Å². The molecule has 3 rings (SSSR count). The number of carbonyl (C=O) groups is 1. The van der Waals surface area contributed by atoms with Crippen LogP contribution >= 0.6 is 0 Å². The maximum atomic E-state index is 12.6. The number of ether oxygens (including phenoxy) is 1. The van der Waals surface area contributed by atoms with Crippen molar-refractivity contribution in [3.8, 4) is 0 Å². The minimum Gasteiger partial charge on any atom is -0.374 e. The minimum atomic E-state index is 0.0693. The summed E-state index contributed by atoms with van der Waals surface area (Å²) in [5.74, 6) is 0.0693. The average molecular weight is 264 g/mol. The van der Waals surface area contributed by atoms with Crippen molar-refractivity contribution in [2.75, 3.05) is 33.3 Å². The van der Waals surface area contributed by atoms with Crippen LogP contribution in [0.25, 0.3) is 0 Å². The van der Waals surface area contributed by atoms with Crippen molar-refractivity contribution in [2.24, 2.45) is 0 Å². The van der Waals surface area contributed by atoms with Crippen molar-refractivity contribution in [2.45, 2.75) is 25.5 Å². The Hall–Kier alpha value is -1.40. The summed E-state index contributed by atoms with van der Waals surface area (Å²) in [4.78, 5) is 16.9. The number of aromatic nitrogens is 2. The molecule has 19 heavy (non-hydrogen) atoms. The zero-order valence-corrected chi connectivity index (χ0v) is 11.4. The van der Waals surface area contributed by atoms with Crippen LogP contribution in [-0.2, 0) is 4.74 Å². The van der Waals surface area contributed by atoms with Gasteiger partial charge in [0.15, 0.2) is 0 Å². The van der Waals surface area contributed by atoms with Crippen molar-refractivity contribution in [3.63, 3.8) is 0 Å². The standard InChI is InChI=1S/C13H20N4O2/c1-9-10(7-14-15-9)13(18)17-5-6-19-12-3-4-16(2)8-11(12)17/h7,11-12H,3-6,8H2,1-2H3,(H,14,15)/t11-,12-/m1/s1. The average Bonchev–Trinajstić information content (AvgIpc) is 2.83. The minimum absolute atomic E-state index is 0.0693. The fourth-order valence-electron chi connectivity index (χ4n) is 3.00. The maximum Gasteiger partial charge on any atom is 0.257 e. The Bertz CT molecular complexity index is 473. The third-order valence-electron chi connectivity index (χ3n) is 4.11. The number of likely N-dealkylation sites (N-methyl/N-ethyl adjacent to an activating group) is 1. The molecule has 0 unspecified atom stereocenters. The lowest BCUT2D eigenvalue weighted by Gasteiger charge is -2.46. The van der Waals surface area contributed by atoms with E-state index in [0.717, 1.165) is 25.2 Å². The van der Waals surface area contributed by atoms with E-state index in [9.17, 15) is 4.79 Å². The normalized spacial score (nSPS) is 28.2. The summed E-state index contributed by atoms with van der Waals surface area (Å²) in [5.41, 5.74) is 1.51.